The lowest BCUT2D eigenvalue weighted by atomic mass is 9.94. The van der Waals surface area contributed by atoms with Gasteiger partial charge in [-0.1, -0.05) is 37.1 Å². The topological polar surface area (TPSA) is 119 Å². The number of sulfonamides is 1. The Morgan fingerprint density at radius 2 is 1.90 bits per heavy atom. The molecule has 224 valence electrons. The van der Waals surface area contributed by atoms with E-state index in [1.807, 2.05) is 6.92 Å². The fraction of sp³-hybridized carbons (Fsp3) is 0.500. The zero-order chi connectivity index (χ0) is 29.7. The molecule has 0 saturated carbocycles. The number of nitrogens with zero attached hydrogens (tertiary/aromatic N) is 2. The van der Waals surface area contributed by atoms with E-state index in [-0.39, 0.29) is 60.4 Å². The largest absolute Gasteiger partial charge is 0.389 e. The zero-order valence-corrected chi connectivity index (χ0v) is 24.3. The zero-order valence-electron chi connectivity index (χ0n) is 22.7. The van der Waals surface area contributed by atoms with E-state index < -0.39 is 51.7 Å². The molecule has 2 amide bonds. The van der Waals surface area contributed by atoms with Crippen LogP contribution in [0.5, 0.6) is 0 Å². The van der Waals surface area contributed by atoms with Gasteiger partial charge in [0, 0.05) is 51.3 Å². The lowest BCUT2D eigenvalue weighted by Crippen LogP contribution is -2.62. The summed E-state index contributed by atoms with van der Waals surface area (Å²) in [6, 6.07) is 7.15. The van der Waals surface area contributed by atoms with E-state index in [1.165, 1.54) is 16.4 Å². The predicted molar refractivity (Wildman–Crippen MR) is 150 cm³/mol. The Bertz CT molecular complexity index is 1340. The molecule has 41 heavy (non-hydrogen) atoms. The van der Waals surface area contributed by atoms with Crippen molar-refractivity contribution in [1.29, 1.82) is 0 Å². The minimum Gasteiger partial charge on any atom is -0.389 e. The summed E-state index contributed by atoms with van der Waals surface area (Å²) in [4.78, 5) is 27.3. The van der Waals surface area contributed by atoms with E-state index in [4.69, 9.17) is 11.6 Å². The normalized spacial score (nSPS) is 21.6. The lowest BCUT2D eigenvalue weighted by molar-refractivity contribution is -0.129. The minimum absolute atomic E-state index is 0.0263. The van der Waals surface area contributed by atoms with Gasteiger partial charge >= 0.3 is 0 Å². The van der Waals surface area contributed by atoms with Gasteiger partial charge in [-0.05, 0) is 42.7 Å². The number of amides is 2. The quantitative estimate of drug-likeness (QED) is 0.358. The van der Waals surface area contributed by atoms with Gasteiger partial charge in [-0.2, -0.15) is 4.31 Å². The monoisotopic (exact) mass is 612 g/mol. The van der Waals surface area contributed by atoms with Gasteiger partial charge in [0.1, 0.15) is 16.5 Å². The molecule has 2 heterocycles. The first-order valence-electron chi connectivity index (χ1n) is 13.7. The molecule has 2 unspecified atom stereocenters. The summed E-state index contributed by atoms with van der Waals surface area (Å²) in [5.41, 5.74) is 0.204. The van der Waals surface area contributed by atoms with Gasteiger partial charge in [0.15, 0.2) is 0 Å². The lowest BCUT2D eigenvalue weighted by Gasteiger charge is -2.38. The summed E-state index contributed by atoms with van der Waals surface area (Å²) in [7, 11) is -3.99. The average Bonchev–Trinajstić information content (AvgIpc) is 3.31. The van der Waals surface area contributed by atoms with Crippen molar-refractivity contribution < 1.29 is 31.9 Å². The summed E-state index contributed by atoms with van der Waals surface area (Å²) >= 11 is 6.15. The summed E-state index contributed by atoms with van der Waals surface area (Å²) < 4.78 is 55.8. The number of likely N-dealkylation sites (tertiary alicyclic amines) is 1. The van der Waals surface area contributed by atoms with Crippen LogP contribution in [0.1, 0.15) is 31.7 Å². The first-order valence-corrected chi connectivity index (χ1v) is 15.5. The van der Waals surface area contributed by atoms with Crippen LogP contribution >= 0.6 is 11.6 Å². The molecule has 2 aliphatic heterocycles. The Labute approximate surface area is 243 Å². The molecule has 2 aliphatic rings. The molecule has 0 aromatic heterocycles. The molecule has 0 bridgehead atoms. The summed E-state index contributed by atoms with van der Waals surface area (Å²) in [6.45, 7) is 3.01. The molecule has 2 saturated heterocycles. The van der Waals surface area contributed by atoms with E-state index in [1.54, 1.807) is 17.0 Å². The first-order chi connectivity index (χ1) is 19.5. The van der Waals surface area contributed by atoms with Crippen molar-refractivity contribution in [1.82, 2.24) is 19.8 Å². The Morgan fingerprint density at radius 1 is 1.20 bits per heavy atom. The molecule has 2 fully saturated rings. The standard InChI is InChI=1S/C28H35ClF2N4O5S/c1-2-3-9-34-16-19(14-26(34)36)28(38)33-23(13-18-11-20(30)15-21(31)12-18)27(37)24-17-35(10-8-32-24)41(39,40)25-7-5-4-6-22(25)29/h4-7,11-12,15,19,23-24,27,32,37H,2-3,8-10,13-14,16-17H2,1H3,(H,33,38)/t19?,23?,24-,27+/m1/s1. The fourth-order valence-electron chi connectivity index (χ4n) is 5.32. The molecule has 4 atom stereocenters. The van der Waals surface area contributed by atoms with Crippen LogP contribution in [0.25, 0.3) is 0 Å². The molecular weight excluding hydrogens is 578 g/mol. The number of benzene rings is 2. The van der Waals surface area contributed by atoms with E-state index in [0.29, 0.717) is 6.54 Å². The second-order valence-corrected chi connectivity index (χ2v) is 12.8. The van der Waals surface area contributed by atoms with Crippen LogP contribution in [0.15, 0.2) is 47.4 Å². The summed E-state index contributed by atoms with van der Waals surface area (Å²) in [5.74, 6) is -2.85. The number of hydrogen-bond acceptors (Lipinski definition) is 6. The number of aliphatic hydroxyl groups is 1. The van der Waals surface area contributed by atoms with Crippen LogP contribution in [-0.4, -0.2) is 85.5 Å². The Kier molecular flexibility index (Phi) is 10.3. The maximum absolute atomic E-state index is 14.0. The maximum atomic E-state index is 14.0. The van der Waals surface area contributed by atoms with Crippen molar-refractivity contribution in [2.75, 3.05) is 32.7 Å². The fourth-order valence-corrected chi connectivity index (χ4v) is 7.28. The number of hydrogen-bond donors (Lipinski definition) is 3. The van der Waals surface area contributed by atoms with Crippen molar-refractivity contribution in [3.63, 3.8) is 0 Å². The number of nitrogens with one attached hydrogen (secondary N) is 2. The van der Waals surface area contributed by atoms with Gasteiger partial charge < -0.3 is 20.6 Å². The highest BCUT2D eigenvalue weighted by atomic mass is 35.5. The van der Waals surface area contributed by atoms with Crippen LogP contribution in [-0.2, 0) is 26.0 Å². The second-order valence-electron chi connectivity index (χ2n) is 10.5. The molecular formula is C28H35ClF2N4O5S. The molecule has 4 rings (SSSR count). The van der Waals surface area contributed by atoms with Crippen LogP contribution in [0.3, 0.4) is 0 Å². The molecule has 13 heteroatoms. The molecule has 0 radical (unpaired) electrons. The highest BCUT2D eigenvalue weighted by molar-refractivity contribution is 7.89. The number of carbonyl (C=O) groups is 2. The number of piperazine rings is 1. The van der Waals surface area contributed by atoms with E-state index in [0.717, 1.165) is 31.0 Å². The number of unbranched alkanes of at least 4 members (excludes halogenated alkanes) is 1. The number of rotatable bonds is 11. The Morgan fingerprint density at radius 3 is 2.59 bits per heavy atom. The Balaban J connectivity index is 1.54. The van der Waals surface area contributed by atoms with Crippen LogP contribution in [0.4, 0.5) is 8.78 Å². The number of carbonyl (C=O) groups excluding carboxylic acids is 2. The number of halogens is 3. The predicted octanol–water partition coefficient (Wildman–Crippen LogP) is 2.32. The van der Waals surface area contributed by atoms with Crippen molar-refractivity contribution in [3.05, 3.63) is 64.7 Å². The van der Waals surface area contributed by atoms with Gasteiger partial charge in [-0.3, -0.25) is 9.59 Å². The third-order valence-corrected chi connectivity index (χ3v) is 9.88. The average molecular weight is 613 g/mol. The van der Waals surface area contributed by atoms with Crippen molar-refractivity contribution >= 4 is 33.4 Å². The molecule has 9 nitrogen and oxygen atoms in total. The van der Waals surface area contributed by atoms with Gasteiger partial charge in [0.2, 0.25) is 21.8 Å². The molecule has 3 N–H and O–H groups in total. The van der Waals surface area contributed by atoms with Gasteiger partial charge in [0.25, 0.3) is 0 Å². The summed E-state index contributed by atoms with van der Waals surface area (Å²) in [5, 5.41) is 17.4. The van der Waals surface area contributed by atoms with E-state index in [9.17, 15) is 31.9 Å². The number of aliphatic hydroxyl groups excluding tert-OH is 1. The molecule has 2 aromatic rings. The van der Waals surface area contributed by atoms with Crippen molar-refractivity contribution in [2.45, 2.75) is 55.7 Å². The Hall–Kier alpha value is -2.64. The molecule has 0 aliphatic carbocycles. The third-order valence-electron chi connectivity index (χ3n) is 7.52. The van der Waals surface area contributed by atoms with Crippen molar-refractivity contribution in [3.8, 4) is 0 Å². The maximum Gasteiger partial charge on any atom is 0.244 e. The van der Waals surface area contributed by atoms with Gasteiger partial charge in [-0.25, -0.2) is 17.2 Å². The van der Waals surface area contributed by atoms with Gasteiger partial charge in [0.05, 0.1) is 23.1 Å². The van der Waals surface area contributed by atoms with E-state index in [2.05, 4.69) is 10.6 Å². The summed E-state index contributed by atoms with van der Waals surface area (Å²) in [6.07, 6.45) is 0.266. The molecule has 2 aromatic carbocycles. The van der Waals surface area contributed by atoms with E-state index >= 15 is 0 Å². The van der Waals surface area contributed by atoms with Crippen molar-refractivity contribution in [2.24, 2.45) is 5.92 Å². The highest BCUT2D eigenvalue weighted by Crippen LogP contribution is 2.26. The minimum atomic E-state index is -3.99. The SMILES string of the molecule is CCCCN1CC(C(=O)NC(Cc2cc(F)cc(F)c2)[C@H](O)[C@H]2CN(S(=O)(=O)c3ccccc3Cl)CCN2)CC1=O. The highest BCUT2D eigenvalue weighted by Gasteiger charge is 2.39. The second kappa shape index (κ2) is 13.6. The first kappa shape index (κ1) is 31.3. The smallest absolute Gasteiger partial charge is 0.244 e. The van der Waals surface area contributed by atoms with Crippen LogP contribution < -0.4 is 10.6 Å². The van der Waals surface area contributed by atoms with Crippen LogP contribution in [0, 0.1) is 17.6 Å². The third kappa shape index (κ3) is 7.61. The van der Waals surface area contributed by atoms with Gasteiger partial charge in [-0.15, -0.1) is 0 Å². The molecule has 0 spiro atoms. The van der Waals surface area contributed by atoms with Crippen LogP contribution in [0.2, 0.25) is 5.02 Å².